The summed E-state index contributed by atoms with van der Waals surface area (Å²) < 4.78 is 5.45. The molecule has 4 heteroatoms. The molecule has 0 aliphatic heterocycles. The summed E-state index contributed by atoms with van der Waals surface area (Å²) in [5, 5.41) is 13.0. The van der Waals surface area contributed by atoms with Gasteiger partial charge in [-0.15, -0.1) is 0 Å². The van der Waals surface area contributed by atoms with Gasteiger partial charge in [-0.05, 0) is 66.0 Å². The molecular weight excluding hydrogens is 362 g/mol. The quantitative estimate of drug-likeness (QED) is 0.524. The molecule has 0 heterocycles. The highest BCUT2D eigenvalue weighted by Crippen LogP contribution is 2.39. The van der Waals surface area contributed by atoms with Gasteiger partial charge >= 0.3 is 5.97 Å². The third kappa shape index (κ3) is 7.33. The zero-order chi connectivity index (χ0) is 21.7. The summed E-state index contributed by atoms with van der Waals surface area (Å²) in [5.41, 5.74) is 2.92. The van der Waals surface area contributed by atoms with Crippen LogP contribution in [0.4, 0.5) is 0 Å². The molecule has 1 aliphatic carbocycles. The summed E-state index contributed by atoms with van der Waals surface area (Å²) in [6, 6.07) is 4.83. The number of nitrogens with two attached hydrogens (primary N) is 1. The van der Waals surface area contributed by atoms with E-state index in [0.29, 0.717) is 24.9 Å². The number of carbonyl (C=O) groups is 1. The fraction of sp³-hybridized carbons (Fsp3) is 0.720. The second-order valence-corrected chi connectivity index (χ2v) is 10.7. The summed E-state index contributed by atoms with van der Waals surface area (Å²) in [7, 11) is 0. The van der Waals surface area contributed by atoms with Gasteiger partial charge in [-0.2, -0.15) is 0 Å². The van der Waals surface area contributed by atoms with Gasteiger partial charge in [-0.1, -0.05) is 60.1 Å². The van der Waals surface area contributed by atoms with Gasteiger partial charge in [-0.25, -0.2) is 4.79 Å². The first-order valence-electron chi connectivity index (χ1n) is 11.3. The molecule has 1 fully saturated rings. The largest absolute Gasteiger partial charge is 0.507 e. The molecule has 0 amide bonds. The Morgan fingerprint density at radius 2 is 1.59 bits per heavy atom. The van der Waals surface area contributed by atoms with Crippen LogP contribution >= 0.6 is 0 Å². The first kappa shape index (κ1) is 23.7. The highest BCUT2D eigenvalue weighted by Gasteiger charge is 2.26. The Kier molecular flexibility index (Phi) is 8.16. The molecular formula is C25H42NO3+. The number of quaternary nitrogens is 1. The van der Waals surface area contributed by atoms with E-state index in [4.69, 9.17) is 4.74 Å². The molecule has 1 aromatic carbocycles. The number of benzene rings is 1. The molecule has 0 atom stereocenters. The first-order valence-corrected chi connectivity index (χ1v) is 11.3. The molecule has 1 aromatic rings. The van der Waals surface area contributed by atoms with Crippen LogP contribution < -0.4 is 5.32 Å². The molecule has 0 radical (unpaired) electrons. The van der Waals surface area contributed by atoms with Crippen molar-refractivity contribution in [2.75, 3.05) is 13.2 Å². The Labute approximate surface area is 177 Å². The lowest BCUT2D eigenvalue weighted by Gasteiger charge is -2.28. The zero-order valence-corrected chi connectivity index (χ0v) is 19.4. The lowest BCUT2D eigenvalue weighted by Crippen LogP contribution is -2.91. The van der Waals surface area contributed by atoms with Gasteiger partial charge in [0, 0.05) is 0 Å². The van der Waals surface area contributed by atoms with Gasteiger partial charge in [0.25, 0.3) is 0 Å². The van der Waals surface area contributed by atoms with Crippen molar-refractivity contribution >= 4 is 5.97 Å². The van der Waals surface area contributed by atoms with Gasteiger partial charge in [0.05, 0.1) is 12.6 Å². The van der Waals surface area contributed by atoms with Crippen LogP contribution in [0.2, 0.25) is 0 Å². The normalized spacial score (nSPS) is 16.1. The smallest absolute Gasteiger partial charge is 0.361 e. The Morgan fingerprint density at radius 1 is 1.03 bits per heavy atom. The van der Waals surface area contributed by atoms with Gasteiger partial charge in [0.2, 0.25) is 0 Å². The molecule has 3 N–H and O–H groups in total. The van der Waals surface area contributed by atoms with Crippen molar-refractivity contribution in [2.24, 2.45) is 0 Å². The topological polar surface area (TPSA) is 63.1 Å². The Bertz CT molecular complexity index is 641. The van der Waals surface area contributed by atoms with E-state index >= 15 is 0 Å². The van der Waals surface area contributed by atoms with Crippen molar-refractivity contribution in [3.63, 3.8) is 0 Å². The second-order valence-electron chi connectivity index (χ2n) is 10.7. The summed E-state index contributed by atoms with van der Waals surface area (Å²) in [6.45, 7) is 13.7. The highest BCUT2D eigenvalue weighted by atomic mass is 16.5. The number of aryl methyl sites for hydroxylation is 1. The van der Waals surface area contributed by atoms with Gasteiger partial charge < -0.3 is 15.2 Å². The number of phenols is 1. The lowest BCUT2D eigenvalue weighted by molar-refractivity contribution is -0.682. The average molecular weight is 405 g/mol. The lowest BCUT2D eigenvalue weighted by atomic mass is 9.78. The second kappa shape index (κ2) is 9.97. The molecule has 1 aliphatic rings. The summed E-state index contributed by atoms with van der Waals surface area (Å²) >= 11 is 0. The van der Waals surface area contributed by atoms with Crippen molar-refractivity contribution in [2.45, 2.75) is 103 Å². The maximum absolute atomic E-state index is 12.0. The third-order valence-corrected chi connectivity index (χ3v) is 5.93. The van der Waals surface area contributed by atoms with E-state index in [2.05, 4.69) is 59.0 Å². The third-order valence-electron chi connectivity index (χ3n) is 5.93. The fourth-order valence-corrected chi connectivity index (χ4v) is 4.14. The Hall–Kier alpha value is -1.55. The molecule has 164 valence electrons. The first-order chi connectivity index (χ1) is 13.5. The van der Waals surface area contributed by atoms with E-state index in [0.717, 1.165) is 24.0 Å². The fourth-order valence-electron chi connectivity index (χ4n) is 4.14. The summed E-state index contributed by atoms with van der Waals surface area (Å²) in [5.74, 6) is 0.311. The van der Waals surface area contributed by atoms with E-state index in [1.165, 1.54) is 37.7 Å². The van der Waals surface area contributed by atoms with Crippen LogP contribution in [-0.2, 0) is 26.8 Å². The van der Waals surface area contributed by atoms with Gasteiger partial charge in [0.1, 0.15) is 5.75 Å². The maximum atomic E-state index is 12.0. The number of hydrogen-bond donors (Lipinski definition) is 2. The number of esters is 1. The van der Waals surface area contributed by atoms with Crippen LogP contribution in [0.3, 0.4) is 0 Å². The maximum Gasteiger partial charge on any atom is 0.361 e. The minimum Gasteiger partial charge on any atom is -0.507 e. The van der Waals surface area contributed by atoms with E-state index in [9.17, 15) is 9.90 Å². The Balaban J connectivity index is 1.88. The summed E-state index contributed by atoms with van der Waals surface area (Å²) in [4.78, 5) is 12.0. The monoisotopic (exact) mass is 404 g/mol. The van der Waals surface area contributed by atoms with Crippen LogP contribution in [0.25, 0.3) is 0 Å². The number of carbonyl (C=O) groups excluding carboxylic acids is 1. The minimum atomic E-state index is -0.123. The van der Waals surface area contributed by atoms with Crippen molar-refractivity contribution in [1.29, 1.82) is 0 Å². The molecule has 0 aromatic heterocycles. The molecule has 0 unspecified atom stereocenters. The van der Waals surface area contributed by atoms with Crippen LogP contribution in [-0.4, -0.2) is 30.3 Å². The van der Waals surface area contributed by atoms with E-state index in [1.54, 1.807) is 0 Å². The number of rotatable bonds is 7. The van der Waals surface area contributed by atoms with Crippen molar-refractivity contribution in [1.82, 2.24) is 0 Å². The van der Waals surface area contributed by atoms with Crippen LogP contribution in [0.1, 0.15) is 96.8 Å². The van der Waals surface area contributed by atoms with Crippen molar-refractivity contribution < 1.29 is 20.0 Å². The number of phenolic OH excluding ortho intramolecular Hbond substituents is 1. The van der Waals surface area contributed by atoms with Crippen LogP contribution in [0.15, 0.2) is 12.1 Å². The van der Waals surface area contributed by atoms with Crippen LogP contribution in [0.5, 0.6) is 5.75 Å². The van der Waals surface area contributed by atoms with Crippen LogP contribution in [0, 0.1) is 0 Å². The van der Waals surface area contributed by atoms with Gasteiger partial charge in [-0.3, -0.25) is 0 Å². The highest BCUT2D eigenvalue weighted by molar-refractivity contribution is 5.70. The molecule has 2 rings (SSSR count). The predicted molar refractivity (Wildman–Crippen MR) is 118 cm³/mol. The standard InChI is InChI=1S/C25H41NO3/c1-24(2,3)20-15-18(16-21(23(20)28)25(4,5)6)11-10-14-29-22(27)17-26-19-12-8-7-9-13-19/h15-16,19,26,28H,7-14,17H2,1-6H3/p+1. The molecule has 0 spiro atoms. The van der Waals surface area contributed by atoms with E-state index in [1.807, 2.05) is 0 Å². The molecule has 4 nitrogen and oxygen atoms in total. The number of aromatic hydroxyl groups is 1. The molecule has 0 saturated heterocycles. The van der Waals surface area contributed by atoms with E-state index in [-0.39, 0.29) is 16.8 Å². The number of hydrogen-bond acceptors (Lipinski definition) is 3. The number of ether oxygens (including phenoxy) is 1. The summed E-state index contributed by atoms with van der Waals surface area (Å²) in [6.07, 6.45) is 7.99. The van der Waals surface area contributed by atoms with Crippen molar-refractivity contribution in [3.05, 3.63) is 28.8 Å². The van der Waals surface area contributed by atoms with E-state index < -0.39 is 0 Å². The SMILES string of the molecule is CC(C)(C)c1cc(CCCOC(=O)C[NH2+]C2CCCCC2)cc(C(C)(C)C)c1O. The average Bonchev–Trinajstić information content (AvgIpc) is 2.63. The molecule has 0 bridgehead atoms. The minimum absolute atomic E-state index is 0.105. The predicted octanol–water partition coefficient (Wildman–Crippen LogP) is 4.36. The van der Waals surface area contributed by atoms with Crippen molar-refractivity contribution in [3.8, 4) is 5.75 Å². The molecule has 29 heavy (non-hydrogen) atoms. The van der Waals surface area contributed by atoms with Gasteiger partial charge in [0.15, 0.2) is 6.54 Å². The zero-order valence-electron chi connectivity index (χ0n) is 19.4. The molecule has 1 saturated carbocycles. The Morgan fingerprint density at radius 3 is 2.10 bits per heavy atom.